The van der Waals surface area contributed by atoms with Gasteiger partial charge in [0.2, 0.25) is 12.3 Å². The number of methoxy groups -OCH3 is 2. The molecule has 3 rings (SSSR count). The van der Waals surface area contributed by atoms with Gasteiger partial charge in [-0.2, -0.15) is 0 Å². The number of sulfonamides is 1. The lowest BCUT2D eigenvalue weighted by Crippen LogP contribution is -2.13. The van der Waals surface area contributed by atoms with Crippen LogP contribution in [-0.4, -0.2) is 32.8 Å². The van der Waals surface area contributed by atoms with Crippen LogP contribution >= 0.6 is 0 Å². The van der Waals surface area contributed by atoms with Gasteiger partial charge in [-0.25, -0.2) is 8.42 Å². The molecule has 8 nitrogen and oxygen atoms in total. The van der Waals surface area contributed by atoms with Crippen LogP contribution in [0.15, 0.2) is 58.2 Å². The van der Waals surface area contributed by atoms with Crippen LogP contribution in [0.2, 0.25) is 0 Å². The molecular weight excluding hydrogens is 346 g/mol. The molecule has 1 aromatic heterocycles. The normalized spacial score (nSPS) is 11.1. The molecule has 0 saturated carbocycles. The summed E-state index contributed by atoms with van der Waals surface area (Å²) in [6.07, 6.45) is 1.20. The Kier molecular flexibility index (Phi) is 4.57. The molecule has 0 aliphatic rings. The Hall–Kier alpha value is -3.07. The smallest absolute Gasteiger partial charge is 0.262 e. The summed E-state index contributed by atoms with van der Waals surface area (Å²) in [6, 6.07) is 11.0. The molecule has 1 N–H and O–H groups in total. The minimum absolute atomic E-state index is 0.0494. The van der Waals surface area contributed by atoms with Gasteiger partial charge in [0.25, 0.3) is 10.0 Å². The van der Waals surface area contributed by atoms with E-state index in [9.17, 15) is 8.42 Å². The molecule has 0 fully saturated rings. The van der Waals surface area contributed by atoms with Gasteiger partial charge < -0.3 is 13.9 Å². The highest BCUT2D eigenvalue weighted by atomic mass is 32.2. The number of benzene rings is 2. The van der Waals surface area contributed by atoms with Crippen molar-refractivity contribution in [1.29, 1.82) is 0 Å². The van der Waals surface area contributed by atoms with Gasteiger partial charge >= 0.3 is 0 Å². The molecule has 0 aliphatic carbocycles. The SMILES string of the molecule is COc1ccc(S(=O)(=O)Nc2cccc(-c3nnco3)c2)cc1OC. The van der Waals surface area contributed by atoms with Crippen molar-refractivity contribution in [2.75, 3.05) is 18.9 Å². The maximum Gasteiger partial charge on any atom is 0.262 e. The van der Waals surface area contributed by atoms with E-state index in [1.165, 1.54) is 38.8 Å². The number of nitrogens with zero attached hydrogens (tertiary/aromatic N) is 2. The average Bonchev–Trinajstić information content (AvgIpc) is 3.15. The summed E-state index contributed by atoms with van der Waals surface area (Å²) < 4.78 is 43.1. The topological polar surface area (TPSA) is 104 Å². The molecule has 3 aromatic rings. The van der Waals surface area contributed by atoms with Gasteiger partial charge in [0.1, 0.15) is 0 Å². The minimum atomic E-state index is -3.81. The first-order valence-corrected chi connectivity index (χ1v) is 8.63. The Morgan fingerprint density at radius 3 is 2.52 bits per heavy atom. The summed E-state index contributed by atoms with van der Waals surface area (Å²) in [5, 5.41) is 7.40. The third-order valence-electron chi connectivity index (χ3n) is 3.39. The predicted molar refractivity (Wildman–Crippen MR) is 90.1 cm³/mol. The number of rotatable bonds is 6. The first kappa shape index (κ1) is 16.8. The molecule has 130 valence electrons. The Morgan fingerprint density at radius 2 is 1.84 bits per heavy atom. The quantitative estimate of drug-likeness (QED) is 0.719. The van der Waals surface area contributed by atoms with Crippen LogP contribution in [-0.2, 0) is 10.0 Å². The van der Waals surface area contributed by atoms with Gasteiger partial charge in [0.05, 0.1) is 19.1 Å². The van der Waals surface area contributed by atoms with Crippen molar-refractivity contribution >= 4 is 15.7 Å². The van der Waals surface area contributed by atoms with E-state index in [0.29, 0.717) is 28.6 Å². The van der Waals surface area contributed by atoms with Crippen molar-refractivity contribution in [2.24, 2.45) is 0 Å². The highest BCUT2D eigenvalue weighted by Crippen LogP contribution is 2.30. The fourth-order valence-electron chi connectivity index (χ4n) is 2.21. The zero-order valence-electron chi connectivity index (χ0n) is 13.5. The van der Waals surface area contributed by atoms with E-state index in [1.807, 2.05) is 0 Å². The average molecular weight is 361 g/mol. The Bertz CT molecular complexity index is 971. The maximum absolute atomic E-state index is 12.6. The Balaban J connectivity index is 1.91. The molecule has 0 radical (unpaired) electrons. The summed E-state index contributed by atoms with van der Waals surface area (Å²) in [5.74, 6) is 1.07. The van der Waals surface area contributed by atoms with Gasteiger partial charge in [-0.1, -0.05) is 6.07 Å². The molecule has 0 bridgehead atoms. The van der Waals surface area contributed by atoms with Crippen molar-refractivity contribution in [3.8, 4) is 23.0 Å². The number of hydrogen-bond donors (Lipinski definition) is 1. The van der Waals surface area contributed by atoms with E-state index in [2.05, 4.69) is 14.9 Å². The van der Waals surface area contributed by atoms with Crippen LogP contribution in [0.3, 0.4) is 0 Å². The van der Waals surface area contributed by atoms with E-state index >= 15 is 0 Å². The number of aromatic nitrogens is 2. The van der Waals surface area contributed by atoms with Crippen molar-refractivity contribution in [1.82, 2.24) is 10.2 Å². The largest absolute Gasteiger partial charge is 0.493 e. The molecule has 1 heterocycles. The van der Waals surface area contributed by atoms with E-state index in [4.69, 9.17) is 13.9 Å². The van der Waals surface area contributed by atoms with Crippen LogP contribution in [0.5, 0.6) is 11.5 Å². The third kappa shape index (κ3) is 3.56. The van der Waals surface area contributed by atoms with E-state index in [0.717, 1.165) is 0 Å². The zero-order chi connectivity index (χ0) is 17.9. The molecular formula is C16H15N3O5S. The van der Waals surface area contributed by atoms with Crippen molar-refractivity contribution in [2.45, 2.75) is 4.90 Å². The Morgan fingerprint density at radius 1 is 1.04 bits per heavy atom. The first-order chi connectivity index (χ1) is 12.0. The maximum atomic E-state index is 12.6. The number of ether oxygens (including phenoxy) is 2. The fraction of sp³-hybridized carbons (Fsp3) is 0.125. The summed E-state index contributed by atoms with van der Waals surface area (Å²) in [6.45, 7) is 0. The van der Waals surface area contributed by atoms with E-state index < -0.39 is 10.0 Å². The molecule has 9 heteroatoms. The third-order valence-corrected chi connectivity index (χ3v) is 4.77. The van der Waals surface area contributed by atoms with Crippen LogP contribution in [0, 0.1) is 0 Å². The molecule has 0 unspecified atom stereocenters. The van der Waals surface area contributed by atoms with Crippen LogP contribution in [0.25, 0.3) is 11.5 Å². The lowest BCUT2D eigenvalue weighted by Gasteiger charge is -2.12. The standard InChI is InChI=1S/C16H15N3O5S/c1-22-14-7-6-13(9-15(14)23-2)25(20,21)19-12-5-3-4-11(8-12)16-18-17-10-24-16/h3-10,19H,1-2H3. The summed E-state index contributed by atoms with van der Waals surface area (Å²) in [4.78, 5) is 0.0494. The van der Waals surface area contributed by atoms with Crippen molar-refractivity contribution in [3.63, 3.8) is 0 Å². The van der Waals surface area contributed by atoms with Gasteiger partial charge in [0.15, 0.2) is 11.5 Å². The summed E-state index contributed by atoms with van der Waals surface area (Å²) >= 11 is 0. The molecule has 0 amide bonds. The molecule has 0 aliphatic heterocycles. The van der Waals surface area contributed by atoms with Crippen LogP contribution in [0.1, 0.15) is 0 Å². The van der Waals surface area contributed by atoms with Gasteiger partial charge in [-0.3, -0.25) is 4.72 Å². The Labute approximate surface area is 144 Å². The van der Waals surface area contributed by atoms with Gasteiger partial charge in [-0.05, 0) is 30.3 Å². The number of hydrogen-bond acceptors (Lipinski definition) is 7. The lowest BCUT2D eigenvalue weighted by molar-refractivity contribution is 0.354. The second-order valence-electron chi connectivity index (χ2n) is 4.95. The zero-order valence-corrected chi connectivity index (χ0v) is 14.3. The number of nitrogens with one attached hydrogen (secondary N) is 1. The van der Waals surface area contributed by atoms with Gasteiger partial charge in [0, 0.05) is 17.3 Å². The molecule has 0 saturated heterocycles. The highest BCUT2D eigenvalue weighted by Gasteiger charge is 2.18. The molecule has 0 atom stereocenters. The first-order valence-electron chi connectivity index (χ1n) is 7.15. The predicted octanol–water partition coefficient (Wildman–Crippen LogP) is 2.55. The van der Waals surface area contributed by atoms with Crippen molar-refractivity contribution in [3.05, 3.63) is 48.9 Å². The lowest BCUT2D eigenvalue weighted by atomic mass is 10.2. The monoisotopic (exact) mass is 361 g/mol. The molecule has 2 aromatic carbocycles. The van der Waals surface area contributed by atoms with E-state index in [-0.39, 0.29) is 4.90 Å². The van der Waals surface area contributed by atoms with Crippen LogP contribution < -0.4 is 14.2 Å². The highest BCUT2D eigenvalue weighted by molar-refractivity contribution is 7.92. The van der Waals surface area contributed by atoms with E-state index in [1.54, 1.807) is 24.3 Å². The fourth-order valence-corrected chi connectivity index (χ4v) is 3.28. The number of anilines is 1. The second-order valence-corrected chi connectivity index (χ2v) is 6.63. The summed E-state index contributed by atoms with van der Waals surface area (Å²) in [7, 11) is -0.889. The summed E-state index contributed by atoms with van der Waals surface area (Å²) in [5.41, 5.74) is 0.968. The molecule has 25 heavy (non-hydrogen) atoms. The molecule has 0 spiro atoms. The minimum Gasteiger partial charge on any atom is -0.493 e. The van der Waals surface area contributed by atoms with Crippen LogP contribution in [0.4, 0.5) is 5.69 Å². The van der Waals surface area contributed by atoms with Gasteiger partial charge in [-0.15, -0.1) is 10.2 Å². The van der Waals surface area contributed by atoms with Crippen molar-refractivity contribution < 1.29 is 22.3 Å². The second kappa shape index (κ2) is 6.81.